The monoisotopic (exact) mass is 649 g/mol. The lowest BCUT2D eigenvalue weighted by Crippen LogP contribution is -2.26. The molecule has 1 spiro atoms. The molecule has 0 N–H and O–H groups in total. The number of hydrogen-bond donors (Lipinski definition) is 0. The molecule has 2 aliphatic carbocycles. The smallest absolute Gasteiger partial charge is 0.137 e. The third-order valence-corrected chi connectivity index (χ3v) is 11.1. The third-order valence-electron chi connectivity index (χ3n) is 11.1. The summed E-state index contributed by atoms with van der Waals surface area (Å²) >= 11 is 0. The van der Waals surface area contributed by atoms with Crippen molar-refractivity contribution in [3.05, 3.63) is 210 Å². The maximum Gasteiger partial charge on any atom is 0.137 e. The fourth-order valence-corrected chi connectivity index (χ4v) is 9.09. The molecule has 0 saturated carbocycles. The summed E-state index contributed by atoms with van der Waals surface area (Å²) in [6.07, 6.45) is 0. The fraction of sp³-hybridized carbons (Fsp3) is 0.0204. The van der Waals surface area contributed by atoms with Crippen molar-refractivity contribution in [2.45, 2.75) is 5.41 Å². The quantitative estimate of drug-likeness (QED) is 0.189. The van der Waals surface area contributed by atoms with Gasteiger partial charge in [-0.2, -0.15) is 0 Å². The zero-order valence-electron chi connectivity index (χ0n) is 27.8. The van der Waals surface area contributed by atoms with E-state index in [0.717, 1.165) is 39.0 Å². The van der Waals surface area contributed by atoms with Gasteiger partial charge < -0.3 is 9.32 Å². The number of furan rings is 1. The lowest BCUT2D eigenvalue weighted by molar-refractivity contribution is 0.669. The van der Waals surface area contributed by atoms with Crippen molar-refractivity contribution < 1.29 is 4.42 Å². The van der Waals surface area contributed by atoms with Crippen LogP contribution < -0.4 is 4.90 Å². The highest BCUT2D eigenvalue weighted by atomic mass is 16.3. The molecule has 0 amide bonds. The molecular weight excluding hydrogens is 619 g/mol. The van der Waals surface area contributed by atoms with Gasteiger partial charge in [-0.3, -0.25) is 0 Å². The van der Waals surface area contributed by atoms with E-state index in [2.05, 4.69) is 187 Å². The van der Waals surface area contributed by atoms with E-state index in [-0.39, 0.29) is 0 Å². The SMILES string of the molecule is c1ccc(-c2ccc(N(c3cccc4c3-c3ccccc3C43c4ccccc4-c4ccccc43)c3cccc4oc5ccccc5c34)cc2)cc1. The third kappa shape index (κ3) is 3.82. The van der Waals surface area contributed by atoms with Crippen molar-refractivity contribution in [3.63, 3.8) is 0 Å². The van der Waals surface area contributed by atoms with Crippen LogP contribution in [0.3, 0.4) is 0 Å². The topological polar surface area (TPSA) is 16.4 Å². The predicted molar refractivity (Wildman–Crippen MR) is 210 cm³/mol. The van der Waals surface area contributed by atoms with E-state index in [4.69, 9.17) is 4.42 Å². The average molecular weight is 650 g/mol. The average Bonchev–Trinajstić information content (AvgIpc) is 3.84. The first-order valence-corrected chi connectivity index (χ1v) is 17.6. The Hall–Kier alpha value is -6.64. The van der Waals surface area contributed by atoms with Gasteiger partial charge in [0.15, 0.2) is 0 Å². The molecule has 9 aromatic rings. The summed E-state index contributed by atoms with van der Waals surface area (Å²) in [5.74, 6) is 0. The first-order chi connectivity index (χ1) is 25.3. The van der Waals surface area contributed by atoms with Crippen molar-refractivity contribution in [2.24, 2.45) is 0 Å². The van der Waals surface area contributed by atoms with Crippen LogP contribution in [0, 0.1) is 0 Å². The lowest BCUT2D eigenvalue weighted by Gasteiger charge is -2.32. The summed E-state index contributed by atoms with van der Waals surface area (Å²) < 4.78 is 6.47. The number of rotatable bonds is 4. The van der Waals surface area contributed by atoms with Gasteiger partial charge in [0.1, 0.15) is 11.2 Å². The molecule has 1 aromatic heterocycles. The predicted octanol–water partition coefficient (Wildman–Crippen LogP) is 13.1. The molecule has 0 atom stereocenters. The number of benzene rings is 8. The Kier molecular flexibility index (Phi) is 5.91. The molecule has 2 heteroatoms. The highest BCUT2D eigenvalue weighted by Crippen LogP contribution is 2.64. The number of hydrogen-bond acceptors (Lipinski definition) is 2. The van der Waals surface area contributed by atoms with Gasteiger partial charge in [-0.15, -0.1) is 0 Å². The van der Waals surface area contributed by atoms with E-state index in [9.17, 15) is 0 Å². The molecule has 2 nitrogen and oxygen atoms in total. The maximum atomic E-state index is 6.47. The molecule has 0 unspecified atom stereocenters. The van der Waals surface area contributed by atoms with Gasteiger partial charge in [-0.1, -0.05) is 152 Å². The molecule has 0 bridgehead atoms. The van der Waals surface area contributed by atoms with Gasteiger partial charge in [0, 0.05) is 16.6 Å². The summed E-state index contributed by atoms with van der Waals surface area (Å²) in [5, 5.41) is 2.22. The molecule has 0 aliphatic heterocycles. The van der Waals surface area contributed by atoms with E-state index >= 15 is 0 Å². The highest BCUT2D eigenvalue weighted by molar-refractivity contribution is 6.14. The van der Waals surface area contributed by atoms with Crippen LogP contribution in [0.4, 0.5) is 17.1 Å². The van der Waals surface area contributed by atoms with Crippen LogP contribution >= 0.6 is 0 Å². The number of para-hydroxylation sites is 1. The van der Waals surface area contributed by atoms with Gasteiger partial charge in [-0.05, 0) is 86.5 Å². The van der Waals surface area contributed by atoms with Crippen LogP contribution in [-0.4, -0.2) is 0 Å². The minimum atomic E-state index is -0.424. The largest absolute Gasteiger partial charge is 0.456 e. The Morgan fingerprint density at radius 1 is 0.373 bits per heavy atom. The van der Waals surface area contributed by atoms with Crippen LogP contribution in [-0.2, 0) is 5.41 Å². The summed E-state index contributed by atoms with van der Waals surface area (Å²) in [5.41, 5.74) is 17.5. The summed E-state index contributed by atoms with van der Waals surface area (Å²) in [6.45, 7) is 0. The normalized spacial score (nSPS) is 13.3. The molecule has 0 fully saturated rings. The van der Waals surface area contributed by atoms with Crippen LogP contribution in [0.5, 0.6) is 0 Å². The van der Waals surface area contributed by atoms with Crippen LogP contribution in [0.25, 0.3) is 55.3 Å². The van der Waals surface area contributed by atoms with Crippen LogP contribution in [0.15, 0.2) is 192 Å². The minimum Gasteiger partial charge on any atom is -0.456 e. The number of anilines is 3. The summed E-state index contributed by atoms with van der Waals surface area (Å²) in [4.78, 5) is 2.46. The van der Waals surface area contributed by atoms with Gasteiger partial charge in [0.25, 0.3) is 0 Å². The minimum absolute atomic E-state index is 0.424. The van der Waals surface area contributed by atoms with E-state index in [1.807, 2.05) is 6.07 Å². The Balaban J connectivity index is 1.23. The molecular formula is C49H31NO. The molecule has 238 valence electrons. The summed E-state index contributed by atoms with van der Waals surface area (Å²) in [6, 6.07) is 68.4. The Labute approximate surface area is 296 Å². The second-order valence-corrected chi connectivity index (χ2v) is 13.6. The van der Waals surface area contributed by atoms with E-state index in [1.165, 1.54) is 55.6 Å². The van der Waals surface area contributed by atoms with Crippen LogP contribution in [0.2, 0.25) is 0 Å². The highest BCUT2D eigenvalue weighted by Gasteiger charge is 2.52. The Bertz CT molecular complexity index is 2760. The van der Waals surface area contributed by atoms with E-state index < -0.39 is 5.41 Å². The van der Waals surface area contributed by atoms with Crippen molar-refractivity contribution in [1.82, 2.24) is 0 Å². The first kappa shape index (κ1) is 28.2. The standard InChI is InChI=1S/C49H31NO/c1-2-14-32(15-3-1)33-28-30-34(31-29-33)50(44-25-13-27-46-48(44)38-19-7-11-26-45(38)51-46)43-24-12-23-42-47(43)37-18-6-10-22-41(37)49(42)39-20-8-4-16-35(39)36-17-5-9-21-40(36)49/h1-31H. The molecule has 0 saturated heterocycles. The zero-order chi connectivity index (χ0) is 33.5. The van der Waals surface area contributed by atoms with Gasteiger partial charge in [-0.25, -0.2) is 0 Å². The lowest BCUT2D eigenvalue weighted by atomic mass is 9.70. The molecule has 2 aliphatic rings. The number of fused-ring (bicyclic) bond motifs is 13. The molecule has 8 aromatic carbocycles. The van der Waals surface area contributed by atoms with Gasteiger partial charge >= 0.3 is 0 Å². The Morgan fingerprint density at radius 3 is 1.65 bits per heavy atom. The van der Waals surface area contributed by atoms with Gasteiger partial charge in [0.05, 0.1) is 22.2 Å². The Morgan fingerprint density at radius 2 is 0.902 bits per heavy atom. The fourth-order valence-electron chi connectivity index (χ4n) is 9.09. The number of nitrogens with zero attached hydrogens (tertiary/aromatic N) is 1. The molecule has 11 rings (SSSR count). The first-order valence-electron chi connectivity index (χ1n) is 17.6. The molecule has 51 heavy (non-hydrogen) atoms. The van der Waals surface area contributed by atoms with Gasteiger partial charge in [0.2, 0.25) is 0 Å². The second kappa shape index (κ2) is 10.7. The van der Waals surface area contributed by atoms with Crippen LogP contribution in [0.1, 0.15) is 22.3 Å². The maximum absolute atomic E-state index is 6.47. The zero-order valence-corrected chi connectivity index (χ0v) is 27.8. The summed E-state index contributed by atoms with van der Waals surface area (Å²) in [7, 11) is 0. The van der Waals surface area contributed by atoms with Crippen molar-refractivity contribution >= 4 is 39.0 Å². The van der Waals surface area contributed by atoms with E-state index in [0.29, 0.717) is 0 Å². The molecule has 0 radical (unpaired) electrons. The van der Waals surface area contributed by atoms with Crippen molar-refractivity contribution in [1.29, 1.82) is 0 Å². The van der Waals surface area contributed by atoms with E-state index in [1.54, 1.807) is 0 Å². The van der Waals surface area contributed by atoms with Crippen molar-refractivity contribution in [3.8, 4) is 33.4 Å². The van der Waals surface area contributed by atoms with Crippen molar-refractivity contribution in [2.75, 3.05) is 4.90 Å². The molecule has 1 heterocycles. The second-order valence-electron chi connectivity index (χ2n) is 13.6.